The van der Waals surface area contributed by atoms with Gasteiger partial charge in [0.15, 0.2) is 0 Å². The lowest BCUT2D eigenvalue weighted by Gasteiger charge is -2.28. The van der Waals surface area contributed by atoms with Crippen LogP contribution >= 0.6 is 0 Å². The van der Waals surface area contributed by atoms with E-state index in [1.54, 1.807) is 0 Å². The van der Waals surface area contributed by atoms with Crippen molar-refractivity contribution >= 4 is 22.1 Å². The van der Waals surface area contributed by atoms with Gasteiger partial charge in [-0.25, -0.2) is 4.79 Å². The van der Waals surface area contributed by atoms with Crippen LogP contribution in [0.25, 0.3) is 0 Å². The van der Waals surface area contributed by atoms with Gasteiger partial charge in [-0.15, -0.1) is 0 Å². The molecule has 0 amide bonds. The Morgan fingerprint density at radius 3 is 2.50 bits per heavy atom. The van der Waals surface area contributed by atoms with Crippen LogP contribution in [0.3, 0.4) is 0 Å². The molecule has 0 radical (unpaired) electrons. The van der Waals surface area contributed by atoms with E-state index in [4.69, 9.17) is 14.0 Å². The highest BCUT2D eigenvalue weighted by Gasteiger charge is 2.51. The van der Waals surface area contributed by atoms with Crippen molar-refractivity contribution in [3.63, 3.8) is 0 Å². The van der Waals surface area contributed by atoms with E-state index in [1.165, 1.54) is 0 Å². The van der Waals surface area contributed by atoms with E-state index in [9.17, 15) is 18.0 Å². The SMILES string of the molecule is Cc1cc(C)c(C)c(C(=O)OC2CC3CC(C(=O)OCCS(=O)(=O)O)C2C3)c1. The molecule has 0 aliphatic heterocycles. The molecule has 8 heteroatoms. The zero-order valence-electron chi connectivity index (χ0n) is 16.3. The largest absolute Gasteiger partial charge is 0.464 e. The molecular formula is C20H26O7S. The molecular weight excluding hydrogens is 384 g/mol. The first-order chi connectivity index (χ1) is 13.0. The number of carbonyl (C=O) groups is 2. The molecule has 1 N–H and O–H groups in total. The van der Waals surface area contributed by atoms with Gasteiger partial charge >= 0.3 is 11.9 Å². The molecule has 154 valence electrons. The molecule has 2 fully saturated rings. The van der Waals surface area contributed by atoms with E-state index in [2.05, 4.69) is 0 Å². The summed E-state index contributed by atoms with van der Waals surface area (Å²) in [7, 11) is -4.17. The summed E-state index contributed by atoms with van der Waals surface area (Å²) in [5.41, 5.74) is 3.45. The van der Waals surface area contributed by atoms with Crippen LogP contribution < -0.4 is 0 Å². The van der Waals surface area contributed by atoms with Gasteiger partial charge in [-0.3, -0.25) is 9.35 Å². The van der Waals surface area contributed by atoms with Crippen molar-refractivity contribution < 1.29 is 32.0 Å². The molecule has 4 atom stereocenters. The fourth-order valence-corrected chi connectivity index (χ4v) is 4.79. The van der Waals surface area contributed by atoms with Gasteiger partial charge in [-0.1, -0.05) is 6.07 Å². The molecule has 1 aromatic carbocycles. The second kappa shape index (κ2) is 7.83. The average molecular weight is 410 g/mol. The van der Waals surface area contributed by atoms with E-state index in [0.29, 0.717) is 17.9 Å². The number of carbonyl (C=O) groups excluding carboxylic acids is 2. The molecule has 2 bridgehead atoms. The van der Waals surface area contributed by atoms with E-state index < -0.39 is 27.8 Å². The third-order valence-electron chi connectivity index (χ3n) is 5.93. The molecule has 0 saturated heterocycles. The summed E-state index contributed by atoms with van der Waals surface area (Å²) in [5, 5.41) is 0. The van der Waals surface area contributed by atoms with Gasteiger partial charge in [-0.2, -0.15) is 8.42 Å². The van der Waals surface area contributed by atoms with Crippen molar-refractivity contribution in [3.8, 4) is 0 Å². The summed E-state index contributed by atoms with van der Waals surface area (Å²) >= 11 is 0. The van der Waals surface area contributed by atoms with Crippen molar-refractivity contribution in [1.82, 2.24) is 0 Å². The summed E-state index contributed by atoms with van der Waals surface area (Å²) in [6.45, 7) is 5.40. The Bertz CT molecular complexity index is 890. The standard InChI is InChI=1S/C20H26O7S/c1-11-6-12(2)13(3)15(7-11)20(22)27-18-10-14-8-16(18)17(9-14)19(21)26-4-5-28(23,24)25/h6-7,14,16-18H,4-5,8-10H2,1-3H3,(H,23,24,25). The lowest BCUT2D eigenvalue weighted by molar-refractivity contribution is -0.151. The highest BCUT2D eigenvalue weighted by molar-refractivity contribution is 7.85. The molecule has 0 spiro atoms. The van der Waals surface area contributed by atoms with Crippen LogP contribution in [-0.4, -0.2) is 43.4 Å². The monoisotopic (exact) mass is 410 g/mol. The molecule has 1 aromatic rings. The van der Waals surface area contributed by atoms with Crippen LogP contribution in [0.1, 0.15) is 46.3 Å². The van der Waals surface area contributed by atoms with Gasteiger partial charge in [0.1, 0.15) is 18.5 Å². The molecule has 2 saturated carbocycles. The third-order valence-corrected chi connectivity index (χ3v) is 6.61. The number of ether oxygens (including phenoxy) is 2. The Morgan fingerprint density at radius 2 is 1.86 bits per heavy atom. The zero-order valence-corrected chi connectivity index (χ0v) is 17.1. The number of hydrogen-bond donors (Lipinski definition) is 1. The molecule has 4 unspecified atom stereocenters. The molecule has 0 heterocycles. The van der Waals surface area contributed by atoms with Gasteiger partial charge in [-0.05, 0) is 68.7 Å². The first-order valence-electron chi connectivity index (χ1n) is 9.45. The van der Waals surface area contributed by atoms with Gasteiger partial charge < -0.3 is 9.47 Å². The van der Waals surface area contributed by atoms with E-state index >= 15 is 0 Å². The van der Waals surface area contributed by atoms with Crippen LogP contribution in [0.4, 0.5) is 0 Å². The topological polar surface area (TPSA) is 107 Å². The van der Waals surface area contributed by atoms with Gasteiger partial charge in [0.05, 0.1) is 11.5 Å². The summed E-state index contributed by atoms with van der Waals surface area (Å²) in [6.07, 6.45) is 1.84. The minimum Gasteiger partial charge on any atom is -0.464 e. The summed E-state index contributed by atoms with van der Waals surface area (Å²) < 4.78 is 41.0. The van der Waals surface area contributed by atoms with E-state index in [-0.39, 0.29) is 24.6 Å². The smallest absolute Gasteiger partial charge is 0.338 e. The lowest BCUT2D eigenvalue weighted by atomic mass is 9.86. The number of fused-ring (bicyclic) bond motifs is 2. The van der Waals surface area contributed by atoms with Crippen molar-refractivity contribution in [1.29, 1.82) is 0 Å². The fraction of sp³-hybridized carbons (Fsp3) is 0.600. The lowest BCUT2D eigenvalue weighted by Crippen LogP contribution is -2.35. The van der Waals surface area contributed by atoms with Crippen LogP contribution in [0, 0.1) is 38.5 Å². The second-order valence-electron chi connectivity index (χ2n) is 8.00. The molecule has 3 rings (SSSR count). The Labute approximate surface area is 165 Å². The number of rotatable bonds is 6. The number of benzene rings is 1. The molecule has 2 aliphatic rings. The minimum atomic E-state index is -4.17. The highest BCUT2D eigenvalue weighted by atomic mass is 32.2. The van der Waals surface area contributed by atoms with Crippen LogP contribution in [0.2, 0.25) is 0 Å². The first kappa shape index (κ1) is 20.8. The Balaban J connectivity index is 1.64. The number of esters is 2. The highest BCUT2D eigenvalue weighted by Crippen LogP contribution is 2.50. The van der Waals surface area contributed by atoms with Crippen molar-refractivity contribution in [2.75, 3.05) is 12.4 Å². The molecule has 28 heavy (non-hydrogen) atoms. The van der Waals surface area contributed by atoms with Crippen LogP contribution in [0.5, 0.6) is 0 Å². The van der Waals surface area contributed by atoms with Crippen molar-refractivity contribution in [2.45, 2.75) is 46.1 Å². The normalized spacial score (nSPS) is 26.3. The zero-order chi connectivity index (χ0) is 20.6. The number of hydrogen-bond acceptors (Lipinski definition) is 6. The van der Waals surface area contributed by atoms with Gasteiger partial charge in [0.25, 0.3) is 10.1 Å². The Kier molecular flexibility index (Phi) is 5.82. The maximum absolute atomic E-state index is 12.7. The second-order valence-corrected chi connectivity index (χ2v) is 9.57. The predicted molar refractivity (Wildman–Crippen MR) is 102 cm³/mol. The predicted octanol–water partition coefficient (Wildman–Crippen LogP) is 2.61. The quantitative estimate of drug-likeness (QED) is 0.567. The van der Waals surface area contributed by atoms with E-state index in [1.807, 2.05) is 32.9 Å². The average Bonchev–Trinajstić information content (AvgIpc) is 3.17. The van der Waals surface area contributed by atoms with Crippen molar-refractivity contribution in [3.05, 3.63) is 34.4 Å². The minimum absolute atomic E-state index is 0.113. The fourth-order valence-electron chi connectivity index (χ4n) is 4.50. The van der Waals surface area contributed by atoms with Gasteiger partial charge in [0.2, 0.25) is 0 Å². The van der Waals surface area contributed by atoms with Crippen LogP contribution in [-0.2, 0) is 24.4 Å². The number of aryl methyl sites for hydroxylation is 2. The summed E-state index contributed by atoms with van der Waals surface area (Å²) in [6, 6.07) is 3.83. The Morgan fingerprint density at radius 1 is 1.14 bits per heavy atom. The van der Waals surface area contributed by atoms with E-state index in [0.717, 1.165) is 29.5 Å². The molecule has 2 aliphatic carbocycles. The Hall–Kier alpha value is -1.93. The maximum atomic E-state index is 12.7. The van der Waals surface area contributed by atoms with Crippen molar-refractivity contribution in [2.24, 2.45) is 17.8 Å². The molecule has 0 aromatic heterocycles. The maximum Gasteiger partial charge on any atom is 0.338 e. The van der Waals surface area contributed by atoms with Gasteiger partial charge in [0, 0.05) is 5.92 Å². The van der Waals surface area contributed by atoms with Crippen LogP contribution in [0.15, 0.2) is 12.1 Å². The molecule has 7 nitrogen and oxygen atoms in total. The summed E-state index contributed by atoms with van der Waals surface area (Å²) in [5.74, 6) is -1.71. The third kappa shape index (κ3) is 4.55. The first-order valence-corrected chi connectivity index (χ1v) is 11.1. The summed E-state index contributed by atoms with van der Waals surface area (Å²) in [4.78, 5) is 25.1.